The number of aryl methyl sites for hydroxylation is 3. The topological polar surface area (TPSA) is 29.3 Å². The third kappa shape index (κ3) is 3.58. The molecule has 0 amide bonds. The third-order valence-electron chi connectivity index (χ3n) is 4.22. The minimum absolute atomic E-state index is 0.334. The minimum Gasteiger partial charge on any atom is -0.329 e. The van der Waals surface area contributed by atoms with Crippen molar-refractivity contribution in [2.75, 3.05) is 13.1 Å². The molecule has 0 radical (unpaired) electrons. The van der Waals surface area contributed by atoms with E-state index in [9.17, 15) is 0 Å². The number of nitrogens with zero attached hydrogens (tertiary/aromatic N) is 1. The Labute approximate surface area is 119 Å². The predicted molar refractivity (Wildman–Crippen MR) is 84.6 cm³/mol. The van der Waals surface area contributed by atoms with Crippen molar-refractivity contribution in [2.24, 2.45) is 5.73 Å². The molecule has 1 aromatic carbocycles. The van der Waals surface area contributed by atoms with Crippen molar-refractivity contribution in [1.29, 1.82) is 0 Å². The number of hydrogen-bond donors (Lipinski definition) is 1. The first-order chi connectivity index (χ1) is 8.96. The second kappa shape index (κ2) is 7.06. The molecule has 2 unspecified atom stereocenters. The highest BCUT2D eigenvalue weighted by atomic mass is 15.2. The molecule has 0 saturated heterocycles. The van der Waals surface area contributed by atoms with Crippen LogP contribution in [0.3, 0.4) is 0 Å². The largest absolute Gasteiger partial charge is 0.329 e. The lowest BCUT2D eigenvalue weighted by Gasteiger charge is -2.36. The van der Waals surface area contributed by atoms with Gasteiger partial charge in [0.25, 0.3) is 0 Å². The molecule has 0 bridgehead atoms. The molecule has 0 aliphatic heterocycles. The van der Waals surface area contributed by atoms with Gasteiger partial charge < -0.3 is 5.73 Å². The van der Waals surface area contributed by atoms with Gasteiger partial charge in [-0.25, -0.2) is 0 Å². The van der Waals surface area contributed by atoms with Gasteiger partial charge in [0.1, 0.15) is 0 Å². The van der Waals surface area contributed by atoms with E-state index in [4.69, 9.17) is 5.73 Å². The Hall–Kier alpha value is -0.860. The van der Waals surface area contributed by atoms with Gasteiger partial charge in [0.05, 0.1) is 0 Å². The van der Waals surface area contributed by atoms with Gasteiger partial charge >= 0.3 is 0 Å². The van der Waals surface area contributed by atoms with Crippen LogP contribution in [-0.2, 0) is 0 Å². The van der Waals surface area contributed by atoms with Gasteiger partial charge in [0.2, 0.25) is 0 Å². The van der Waals surface area contributed by atoms with Gasteiger partial charge in [-0.1, -0.05) is 31.5 Å². The van der Waals surface area contributed by atoms with E-state index in [1.807, 2.05) is 0 Å². The molecule has 0 aliphatic carbocycles. The number of likely N-dealkylation sites (N-methyl/N-ethyl adjacent to an activating group) is 1. The summed E-state index contributed by atoms with van der Waals surface area (Å²) in [6, 6.07) is 5.45. The molecule has 1 rings (SSSR count). The first kappa shape index (κ1) is 16.2. The van der Waals surface area contributed by atoms with E-state index >= 15 is 0 Å². The maximum absolute atomic E-state index is 6.11. The Bertz CT molecular complexity index is 389. The van der Waals surface area contributed by atoms with Crippen LogP contribution in [-0.4, -0.2) is 24.0 Å². The predicted octanol–water partition coefficient (Wildman–Crippen LogP) is 3.73. The summed E-state index contributed by atoms with van der Waals surface area (Å²) >= 11 is 0. The number of nitrogens with two attached hydrogens (primary N) is 1. The normalized spacial score (nSPS) is 14.7. The average molecular weight is 262 g/mol. The molecular weight excluding hydrogens is 232 g/mol. The quantitative estimate of drug-likeness (QED) is 0.846. The molecule has 108 valence electrons. The summed E-state index contributed by atoms with van der Waals surface area (Å²) in [5, 5.41) is 0. The molecule has 0 aromatic heterocycles. The lowest BCUT2D eigenvalue weighted by molar-refractivity contribution is 0.151. The summed E-state index contributed by atoms with van der Waals surface area (Å²) in [7, 11) is 0. The zero-order valence-electron chi connectivity index (χ0n) is 13.5. The van der Waals surface area contributed by atoms with Crippen LogP contribution in [0.1, 0.15) is 55.5 Å². The Morgan fingerprint density at radius 1 is 1.11 bits per heavy atom. The van der Waals surface area contributed by atoms with Crippen LogP contribution < -0.4 is 5.73 Å². The summed E-state index contributed by atoms with van der Waals surface area (Å²) < 4.78 is 0. The lowest BCUT2D eigenvalue weighted by Crippen LogP contribution is -2.40. The molecule has 2 atom stereocenters. The Balaban J connectivity index is 3.22. The number of hydrogen-bond acceptors (Lipinski definition) is 2. The van der Waals surface area contributed by atoms with Crippen molar-refractivity contribution in [3.8, 4) is 0 Å². The van der Waals surface area contributed by atoms with Gasteiger partial charge in [-0.15, -0.1) is 0 Å². The highest BCUT2D eigenvalue weighted by molar-refractivity contribution is 5.40. The van der Waals surface area contributed by atoms with E-state index in [1.165, 1.54) is 22.3 Å². The molecular formula is C17H30N2. The molecule has 2 nitrogen and oxygen atoms in total. The molecule has 0 saturated carbocycles. The van der Waals surface area contributed by atoms with Crippen molar-refractivity contribution in [1.82, 2.24) is 4.90 Å². The minimum atomic E-state index is 0.334. The maximum Gasteiger partial charge on any atom is 0.0478 e. The second-order valence-electron chi connectivity index (χ2n) is 5.65. The lowest BCUT2D eigenvalue weighted by atomic mass is 9.92. The fraction of sp³-hybridized carbons (Fsp3) is 0.647. The van der Waals surface area contributed by atoms with Gasteiger partial charge in [-0.3, -0.25) is 4.90 Å². The standard InChI is InChI=1S/C17H30N2/c1-7-15(6)19(8-2)16(11-18)17-13(4)9-12(3)10-14(17)5/h9-10,15-16H,7-8,11,18H2,1-6H3. The zero-order chi connectivity index (χ0) is 14.6. The SMILES string of the molecule is CCC(C)N(CC)C(CN)c1c(C)cc(C)cc1C. The third-order valence-corrected chi connectivity index (χ3v) is 4.22. The second-order valence-corrected chi connectivity index (χ2v) is 5.65. The molecule has 0 heterocycles. The van der Waals surface area contributed by atoms with Crippen LogP contribution in [0, 0.1) is 20.8 Å². The van der Waals surface area contributed by atoms with Crippen LogP contribution >= 0.6 is 0 Å². The Morgan fingerprint density at radius 2 is 1.63 bits per heavy atom. The van der Waals surface area contributed by atoms with E-state index in [0.717, 1.165) is 13.0 Å². The van der Waals surface area contributed by atoms with Crippen LogP contribution in [0.25, 0.3) is 0 Å². The molecule has 0 fully saturated rings. The van der Waals surface area contributed by atoms with Crippen molar-refractivity contribution >= 4 is 0 Å². The van der Waals surface area contributed by atoms with Gasteiger partial charge in [-0.2, -0.15) is 0 Å². The highest BCUT2D eigenvalue weighted by Gasteiger charge is 2.24. The number of benzene rings is 1. The molecule has 1 aromatic rings. The van der Waals surface area contributed by atoms with E-state index in [1.54, 1.807) is 0 Å². The van der Waals surface area contributed by atoms with Crippen LogP contribution in [0.5, 0.6) is 0 Å². The van der Waals surface area contributed by atoms with Crippen LogP contribution in [0.15, 0.2) is 12.1 Å². The fourth-order valence-corrected chi connectivity index (χ4v) is 3.21. The van der Waals surface area contributed by atoms with Gasteiger partial charge in [0.15, 0.2) is 0 Å². The fourth-order valence-electron chi connectivity index (χ4n) is 3.21. The summed E-state index contributed by atoms with van der Waals surface area (Å²) in [6.45, 7) is 15.1. The Kier molecular flexibility index (Phi) is 6.02. The monoisotopic (exact) mass is 262 g/mol. The van der Waals surface area contributed by atoms with Gasteiger partial charge in [0, 0.05) is 18.6 Å². The summed E-state index contributed by atoms with van der Waals surface area (Å²) in [6.07, 6.45) is 1.16. The smallest absolute Gasteiger partial charge is 0.0478 e. The average Bonchev–Trinajstić information content (AvgIpc) is 2.36. The van der Waals surface area contributed by atoms with E-state index in [2.05, 4.69) is 58.6 Å². The summed E-state index contributed by atoms with van der Waals surface area (Å²) in [5.41, 5.74) is 11.6. The molecule has 19 heavy (non-hydrogen) atoms. The van der Waals surface area contributed by atoms with Crippen molar-refractivity contribution in [3.05, 3.63) is 34.4 Å². The number of rotatable bonds is 6. The van der Waals surface area contributed by atoms with E-state index in [0.29, 0.717) is 18.6 Å². The van der Waals surface area contributed by atoms with Crippen molar-refractivity contribution in [3.63, 3.8) is 0 Å². The first-order valence-corrected chi connectivity index (χ1v) is 7.49. The first-order valence-electron chi connectivity index (χ1n) is 7.49. The van der Waals surface area contributed by atoms with Crippen molar-refractivity contribution < 1.29 is 0 Å². The van der Waals surface area contributed by atoms with Crippen LogP contribution in [0.4, 0.5) is 0 Å². The summed E-state index contributed by atoms with van der Waals surface area (Å²) in [5.74, 6) is 0. The van der Waals surface area contributed by atoms with Gasteiger partial charge in [-0.05, 0) is 57.4 Å². The van der Waals surface area contributed by atoms with E-state index < -0.39 is 0 Å². The molecule has 0 aliphatic rings. The van der Waals surface area contributed by atoms with Crippen molar-refractivity contribution in [2.45, 2.75) is 60.0 Å². The molecule has 2 N–H and O–H groups in total. The Morgan fingerprint density at radius 3 is 2.00 bits per heavy atom. The van der Waals surface area contributed by atoms with E-state index in [-0.39, 0.29) is 0 Å². The molecule has 2 heteroatoms. The summed E-state index contributed by atoms with van der Waals surface area (Å²) in [4.78, 5) is 2.53. The molecule has 0 spiro atoms. The highest BCUT2D eigenvalue weighted by Crippen LogP contribution is 2.29. The zero-order valence-corrected chi connectivity index (χ0v) is 13.5. The maximum atomic E-state index is 6.11. The van der Waals surface area contributed by atoms with Crippen LogP contribution in [0.2, 0.25) is 0 Å².